The quantitative estimate of drug-likeness (QED) is 0.662. The summed E-state index contributed by atoms with van der Waals surface area (Å²) < 4.78 is 20.1. The van der Waals surface area contributed by atoms with Gasteiger partial charge in [0.2, 0.25) is 0 Å². The number of ether oxygens (including phenoxy) is 1. The maximum absolute atomic E-state index is 14.3. The van der Waals surface area contributed by atoms with E-state index in [2.05, 4.69) is 6.92 Å². The van der Waals surface area contributed by atoms with Crippen molar-refractivity contribution in [2.24, 2.45) is 17.8 Å². The zero-order valence-corrected chi connectivity index (χ0v) is 15.2. The Morgan fingerprint density at radius 3 is 2.42 bits per heavy atom. The van der Waals surface area contributed by atoms with Crippen LogP contribution in [0.3, 0.4) is 0 Å². The second-order valence-electron chi connectivity index (χ2n) is 7.52. The molecular weight excluding hydrogens is 327 g/mol. The van der Waals surface area contributed by atoms with E-state index in [0.29, 0.717) is 23.5 Å². The SMILES string of the molecule is Cc1ccc(C(=O)C2CCC([C@@H]3CCC(C)OC3)CC2)c(F)c1Cl. The van der Waals surface area contributed by atoms with Crippen LogP contribution in [0, 0.1) is 30.5 Å². The van der Waals surface area contributed by atoms with Crippen LogP contribution in [0.25, 0.3) is 0 Å². The molecule has 2 atom stereocenters. The second-order valence-corrected chi connectivity index (χ2v) is 7.89. The van der Waals surface area contributed by atoms with Crippen molar-refractivity contribution in [3.8, 4) is 0 Å². The van der Waals surface area contributed by atoms with E-state index < -0.39 is 5.82 Å². The number of rotatable bonds is 3. The normalized spacial score (nSPS) is 31.0. The number of Topliss-reactive ketones (excluding diaryl/α,β-unsaturated/α-hetero) is 1. The number of carbonyl (C=O) groups is 1. The topological polar surface area (TPSA) is 26.3 Å². The molecule has 1 saturated carbocycles. The fourth-order valence-electron chi connectivity index (χ4n) is 4.18. The Kier molecular flexibility index (Phi) is 5.61. The summed E-state index contributed by atoms with van der Waals surface area (Å²) in [6.45, 7) is 4.73. The molecule has 1 aliphatic heterocycles. The number of aryl methyl sites for hydroxylation is 1. The van der Waals surface area contributed by atoms with Gasteiger partial charge in [0.15, 0.2) is 11.6 Å². The van der Waals surface area contributed by atoms with Crippen LogP contribution < -0.4 is 0 Å². The molecule has 0 amide bonds. The van der Waals surface area contributed by atoms with E-state index in [0.717, 1.165) is 38.7 Å². The molecule has 1 unspecified atom stereocenters. The van der Waals surface area contributed by atoms with E-state index in [1.54, 1.807) is 19.1 Å². The third kappa shape index (κ3) is 3.67. The molecule has 0 radical (unpaired) electrons. The zero-order valence-electron chi connectivity index (χ0n) is 14.5. The van der Waals surface area contributed by atoms with Crippen LogP contribution >= 0.6 is 11.6 Å². The summed E-state index contributed by atoms with van der Waals surface area (Å²) in [6.07, 6.45) is 6.53. The summed E-state index contributed by atoms with van der Waals surface area (Å²) in [5.41, 5.74) is 0.824. The highest BCUT2D eigenvalue weighted by molar-refractivity contribution is 6.31. The Balaban J connectivity index is 1.60. The van der Waals surface area contributed by atoms with Crippen molar-refractivity contribution in [1.29, 1.82) is 0 Å². The molecule has 2 fully saturated rings. The Morgan fingerprint density at radius 1 is 1.12 bits per heavy atom. The lowest BCUT2D eigenvalue weighted by molar-refractivity contribution is -0.0290. The average Bonchev–Trinajstić information content (AvgIpc) is 2.60. The van der Waals surface area contributed by atoms with Crippen LogP contribution in [0.1, 0.15) is 61.4 Å². The highest BCUT2D eigenvalue weighted by Crippen LogP contribution is 2.39. The van der Waals surface area contributed by atoms with Gasteiger partial charge in [-0.1, -0.05) is 17.7 Å². The Hall–Kier alpha value is -0.930. The lowest BCUT2D eigenvalue weighted by Gasteiger charge is -2.36. The first-order chi connectivity index (χ1) is 11.5. The number of hydrogen-bond donors (Lipinski definition) is 0. The van der Waals surface area contributed by atoms with Crippen LogP contribution in [0.2, 0.25) is 5.02 Å². The lowest BCUT2D eigenvalue weighted by atomic mass is 9.72. The lowest BCUT2D eigenvalue weighted by Crippen LogP contribution is -2.32. The summed E-state index contributed by atoms with van der Waals surface area (Å²) in [7, 11) is 0. The molecular formula is C20H26ClFO2. The van der Waals surface area contributed by atoms with Crippen molar-refractivity contribution in [2.45, 2.75) is 58.5 Å². The van der Waals surface area contributed by atoms with Crippen molar-refractivity contribution >= 4 is 17.4 Å². The predicted molar refractivity (Wildman–Crippen MR) is 94.1 cm³/mol. The van der Waals surface area contributed by atoms with Gasteiger partial charge < -0.3 is 4.74 Å². The van der Waals surface area contributed by atoms with Gasteiger partial charge in [-0.15, -0.1) is 0 Å². The molecule has 2 aliphatic rings. The standard InChI is InChI=1S/C20H26ClFO2/c1-12-3-10-17(19(22)18(12)21)20(23)15-8-6-14(7-9-15)16-5-4-13(2)24-11-16/h3,10,13-16H,4-9,11H2,1-2H3/t13?,14?,15?,16-/m1/s1. The molecule has 0 bridgehead atoms. The van der Waals surface area contributed by atoms with Gasteiger partial charge in [0.05, 0.1) is 23.3 Å². The maximum Gasteiger partial charge on any atom is 0.168 e. The van der Waals surface area contributed by atoms with Gasteiger partial charge in [-0.25, -0.2) is 4.39 Å². The summed E-state index contributed by atoms with van der Waals surface area (Å²) in [5, 5.41) is 0.0722. The minimum atomic E-state index is -0.557. The van der Waals surface area contributed by atoms with Crippen LogP contribution in [0.5, 0.6) is 0 Å². The first kappa shape index (κ1) is 17.9. The molecule has 1 aliphatic carbocycles. The fraction of sp³-hybridized carbons (Fsp3) is 0.650. The van der Waals surface area contributed by atoms with Crippen LogP contribution in [0.15, 0.2) is 12.1 Å². The Bertz CT molecular complexity index is 600. The van der Waals surface area contributed by atoms with Crippen molar-refractivity contribution in [1.82, 2.24) is 0 Å². The van der Waals surface area contributed by atoms with Crippen molar-refractivity contribution < 1.29 is 13.9 Å². The van der Waals surface area contributed by atoms with E-state index in [1.165, 1.54) is 6.42 Å². The molecule has 0 N–H and O–H groups in total. The highest BCUT2D eigenvalue weighted by atomic mass is 35.5. The van der Waals surface area contributed by atoms with Crippen LogP contribution in [-0.2, 0) is 4.74 Å². The molecule has 0 aromatic heterocycles. The Morgan fingerprint density at radius 2 is 1.79 bits per heavy atom. The number of ketones is 1. The van der Waals surface area contributed by atoms with Gasteiger partial charge >= 0.3 is 0 Å². The smallest absolute Gasteiger partial charge is 0.168 e. The van der Waals surface area contributed by atoms with Crippen molar-refractivity contribution in [3.63, 3.8) is 0 Å². The number of carbonyl (C=O) groups excluding carboxylic acids is 1. The van der Waals surface area contributed by atoms with E-state index >= 15 is 0 Å². The summed E-state index contributed by atoms with van der Waals surface area (Å²) in [6, 6.07) is 3.31. The summed E-state index contributed by atoms with van der Waals surface area (Å²) in [5.74, 6) is 0.564. The van der Waals surface area contributed by atoms with Crippen LogP contribution in [0.4, 0.5) is 4.39 Å². The van der Waals surface area contributed by atoms with E-state index in [-0.39, 0.29) is 22.3 Å². The fourth-order valence-corrected chi connectivity index (χ4v) is 4.35. The first-order valence-corrected chi connectivity index (χ1v) is 9.45. The molecule has 1 saturated heterocycles. The molecule has 2 nitrogen and oxygen atoms in total. The number of halogens is 2. The first-order valence-electron chi connectivity index (χ1n) is 9.07. The molecule has 1 aromatic carbocycles. The van der Waals surface area contributed by atoms with Gasteiger partial charge in [-0.3, -0.25) is 4.79 Å². The van der Waals surface area contributed by atoms with Crippen molar-refractivity contribution in [3.05, 3.63) is 34.1 Å². The van der Waals surface area contributed by atoms with Gasteiger partial charge in [-0.2, -0.15) is 0 Å². The summed E-state index contributed by atoms with van der Waals surface area (Å²) >= 11 is 5.96. The van der Waals surface area contributed by atoms with Gasteiger partial charge in [-0.05, 0) is 75.8 Å². The van der Waals surface area contributed by atoms with E-state index in [9.17, 15) is 9.18 Å². The van der Waals surface area contributed by atoms with E-state index in [1.807, 2.05) is 0 Å². The minimum Gasteiger partial charge on any atom is -0.378 e. The number of hydrogen-bond acceptors (Lipinski definition) is 2. The predicted octanol–water partition coefficient (Wildman–Crippen LogP) is 5.59. The van der Waals surface area contributed by atoms with Gasteiger partial charge in [0.1, 0.15) is 0 Å². The molecule has 1 heterocycles. The molecule has 0 spiro atoms. The number of benzene rings is 1. The monoisotopic (exact) mass is 352 g/mol. The van der Waals surface area contributed by atoms with Gasteiger partial charge in [0, 0.05) is 5.92 Å². The zero-order chi connectivity index (χ0) is 17.3. The second kappa shape index (κ2) is 7.53. The average molecular weight is 353 g/mol. The van der Waals surface area contributed by atoms with Crippen molar-refractivity contribution in [2.75, 3.05) is 6.61 Å². The molecule has 132 valence electrons. The molecule has 4 heteroatoms. The molecule has 3 rings (SSSR count). The minimum absolute atomic E-state index is 0.0713. The summed E-state index contributed by atoms with van der Waals surface area (Å²) in [4.78, 5) is 12.7. The van der Waals surface area contributed by atoms with Gasteiger partial charge in [0.25, 0.3) is 0 Å². The third-order valence-electron chi connectivity index (χ3n) is 5.89. The largest absolute Gasteiger partial charge is 0.378 e. The highest BCUT2D eigenvalue weighted by Gasteiger charge is 2.33. The maximum atomic E-state index is 14.3. The molecule has 24 heavy (non-hydrogen) atoms. The Labute approximate surface area is 148 Å². The van der Waals surface area contributed by atoms with E-state index in [4.69, 9.17) is 16.3 Å². The third-order valence-corrected chi connectivity index (χ3v) is 6.35. The van der Waals surface area contributed by atoms with Crippen LogP contribution in [-0.4, -0.2) is 18.5 Å². The molecule has 1 aromatic rings.